The molecule has 1 rings (SSSR count). The third-order valence-electron chi connectivity index (χ3n) is 3.17. The molecule has 1 aromatic carbocycles. The third kappa shape index (κ3) is 3.35. The van der Waals surface area contributed by atoms with Crippen molar-refractivity contribution in [2.45, 2.75) is 40.0 Å². The molecule has 1 unspecified atom stereocenters. The van der Waals surface area contributed by atoms with Crippen LogP contribution in [0.5, 0.6) is 0 Å². The van der Waals surface area contributed by atoms with Gasteiger partial charge in [-0.05, 0) is 55.3 Å². The molecule has 1 aromatic rings. The van der Waals surface area contributed by atoms with E-state index in [9.17, 15) is 0 Å². The molecule has 0 fully saturated rings. The Morgan fingerprint density at radius 3 is 2.67 bits per heavy atom. The first kappa shape index (κ1) is 12.3. The molecule has 0 heterocycles. The van der Waals surface area contributed by atoms with Gasteiger partial charge in [0.1, 0.15) is 0 Å². The van der Waals surface area contributed by atoms with Crippen LogP contribution in [0.4, 0.5) is 0 Å². The van der Waals surface area contributed by atoms with E-state index in [1.165, 1.54) is 29.5 Å². The van der Waals surface area contributed by atoms with E-state index >= 15 is 0 Å². The highest BCUT2D eigenvalue weighted by molar-refractivity contribution is 5.34. The van der Waals surface area contributed by atoms with Gasteiger partial charge in [-0.25, -0.2) is 0 Å². The minimum atomic E-state index is 0.634. The lowest BCUT2D eigenvalue weighted by Gasteiger charge is -2.13. The fraction of sp³-hybridized carbons (Fsp3) is 0.571. The predicted molar refractivity (Wildman–Crippen MR) is 67.1 cm³/mol. The fourth-order valence-corrected chi connectivity index (χ4v) is 2.02. The van der Waals surface area contributed by atoms with Gasteiger partial charge in [0.05, 0.1) is 0 Å². The molecule has 2 N–H and O–H groups in total. The van der Waals surface area contributed by atoms with Crippen LogP contribution in [0.1, 0.15) is 37.0 Å². The first-order chi connectivity index (χ1) is 7.19. The summed E-state index contributed by atoms with van der Waals surface area (Å²) in [5.41, 5.74) is 10.1. The van der Waals surface area contributed by atoms with Crippen LogP contribution in [0, 0.1) is 12.8 Å². The Kier molecular flexibility index (Phi) is 4.83. The van der Waals surface area contributed by atoms with Crippen molar-refractivity contribution >= 4 is 0 Å². The summed E-state index contributed by atoms with van der Waals surface area (Å²) in [4.78, 5) is 0. The maximum absolute atomic E-state index is 5.64. The molecule has 1 heteroatoms. The highest BCUT2D eigenvalue weighted by Crippen LogP contribution is 2.18. The van der Waals surface area contributed by atoms with Crippen LogP contribution in [0.15, 0.2) is 18.2 Å². The molecule has 0 aliphatic rings. The first-order valence-corrected chi connectivity index (χ1v) is 5.96. The number of aryl methyl sites for hydroxylation is 2. The standard InChI is InChI=1S/C14H23N/c1-4-14-12(3)6-5-7-13(14)9-8-11(2)10-15/h5-7,11H,4,8-10,15H2,1-3H3. The van der Waals surface area contributed by atoms with Gasteiger partial charge >= 0.3 is 0 Å². The summed E-state index contributed by atoms with van der Waals surface area (Å²) in [6.45, 7) is 7.46. The van der Waals surface area contributed by atoms with Crippen LogP contribution >= 0.6 is 0 Å². The maximum Gasteiger partial charge on any atom is -0.00514 e. The van der Waals surface area contributed by atoms with Gasteiger partial charge in [-0.15, -0.1) is 0 Å². The number of hydrogen-bond acceptors (Lipinski definition) is 1. The van der Waals surface area contributed by atoms with Crippen LogP contribution in [0.2, 0.25) is 0 Å². The molecule has 1 nitrogen and oxygen atoms in total. The van der Waals surface area contributed by atoms with E-state index in [-0.39, 0.29) is 0 Å². The molecule has 0 amide bonds. The van der Waals surface area contributed by atoms with Crippen molar-refractivity contribution in [2.75, 3.05) is 6.54 Å². The summed E-state index contributed by atoms with van der Waals surface area (Å²) in [6, 6.07) is 6.63. The Bertz CT molecular complexity index is 304. The van der Waals surface area contributed by atoms with Crippen LogP contribution in [-0.4, -0.2) is 6.54 Å². The zero-order chi connectivity index (χ0) is 11.3. The van der Waals surface area contributed by atoms with Gasteiger partial charge in [-0.2, -0.15) is 0 Å². The highest BCUT2D eigenvalue weighted by Gasteiger charge is 2.05. The summed E-state index contributed by atoms with van der Waals surface area (Å²) in [5, 5.41) is 0. The molecule has 0 aliphatic heterocycles. The van der Waals surface area contributed by atoms with E-state index in [1.54, 1.807) is 0 Å². The Hall–Kier alpha value is -0.820. The van der Waals surface area contributed by atoms with E-state index in [0.29, 0.717) is 5.92 Å². The van der Waals surface area contributed by atoms with Gasteiger partial charge in [-0.1, -0.05) is 32.0 Å². The van der Waals surface area contributed by atoms with Gasteiger partial charge in [0.15, 0.2) is 0 Å². The molecule has 1 atom stereocenters. The monoisotopic (exact) mass is 205 g/mol. The van der Waals surface area contributed by atoms with Crippen molar-refractivity contribution < 1.29 is 0 Å². The molecule has 15 heavy (non-hydrogen) atoms. The number of benzene rings is 1. The number of nitrogens with two attached hydrogens (primary N) is 1. The molecule has 0 saturated heterocycles. The lowest BCUT2D eigenvalue weighted by Crippen LogP contribution is -2.11. The van der Waals surface area contributed by atoms with E-state index in [0.717, 1.165) is 13.0 Å². The second-order valence-corrected chi connectivity index (χ2v) is 4.45. The van der Waals surface area contributed by atoms with Crippen LogP contribution in [0.25, 0.3) is 0 Å². The Morgan fingerprint density at radius 2 is 2.07 bits per heavy atom. The Morgan fingerprint density at radius 1 is 1.33 bits per heavy atom. The summed E-state index contributed by atoms with van der Waals surface area (Å²) < 4.78 is 0. The lowest BCUT2D eigenvalue weighted by molar-refractivity contribution is 0.543. The molecule has 0 aromatic heterocycles. The smallest absolute Gasteiger partial charge is 0.00514 e. The second kappa shape index (κ2) is 5.92. The fourth-order valence-electron chi connectivity index (χ4n) is 2.02. The molecular weight excluding hydrogens is 182 g/mol. The van der Waals surface area contributed by atoms with Crippen molar-refractivity contribution in [3.05, 3.63) is 34.9 Å². The molecule has 0 aliphatic carbocycles. The third-order valence-corrected chi connectivity index (χ3v) is 3.17. The summed E-state index contributed by atoms with van der Waals surface area (Å²) in [5.74, 6) is 0.634. The van der Waals surface area contributed by atoms with Crippen LogP contribution in [-0.2, 0) is 12.8 Å². The van der Waals surface area contributed by atoms with Crippen LogP contribution in [0.3, 0.4) is 0 Å². The predicted octanol–water partition coefficient (Wildman–Crippen LogP) is 3.08. The normalized spacial score (nSPS) is 12.8. The zero-order valence-corrected chi connectivity index (χ0v) is 10.2. The molecule has 0 saturated carbocycles. The minimum Gasteiger partial charge on any atom is -0.330 e. The number of hydrogen-bond donors (Lipinski definition) is 1. The van der Waals surface area contributed by atoms with Gasteiger partial charge in [0.25, 0.3) is 0 Å². The van der Waals surface area contributed by atoms with Crippen molar-refractivity contribution in [3.63, 3.8) is 0 Å². The number of rotatable bonds is 5. The van der Waals surface area contributed by atoms with Crippen molar-refractivity contribution in [1.29, 1.82) is 0 Å². The summed E-state index contributed by atoms with van der Waals surface area (Å²) >= 11 is 0. The van der Waals surface area contributed by atoms with E-state index in [2.05, 4.69) is 39.0 Å². The zero-order valence-electron chi connectivity index (χ0n) is 10.2. The largest absolute Gasteiger partial charge is 0.330 e. The topological polar surface area (TPSA) is 26.0 Å². The lowest BCUT2D eigenvalue weighted by atomic mass is 9.94. The molecule has 0 bridgehead atoms. The Balaban J connectivity index is 2.72. The minimum absolute atomic E-state index is 0.634. The SMILES string of the molecule is CCc1c(C)cccc1CCC(C)CN. The first-order valence-electron chi connectivity index (χ1n) is 5.96. The van der Waals surface area contributed by atoms with Crippen LogP contribution < -0.4 is 5.73 Å². The van der Waals surface area contributed by atoms with E-state index in [4.69, 9.17) is 5.73 Å². The maximum atomic E-state index is 5.64. The second-order valence-electron chi connectivity index (χ2n) is 4.45. The summed E-state index contributed by atoms with van der Waals surface area (Å²) in [7, 11) is 0. The van der Waals surface area contributed by atoms with Crippen molar-refractivity contribution in [2.24, 2.45) is 11.7 Å². The molecule has 0 spiro atoms. The average molecular weight is 205 g/mol. The van der Waals surface area contributed by atoms with Crippen molar-refractivity contribution in [1.82, 2.24) is 0 Å². The molecular formula is C14H23N. The quantitative estimate of drug-likeness (QED) is 0.785. The van der Waals surface area contributed by atoms with Gasteiger partial charge in [-0.3, -0.25) is 0 Å². The van der Waals surface area contributed by atoms with Crippen molar-refractivity contribution in [3.8, 4) is 0 Å². The summed E-state index contributed by atoms with van der Waals surface area (Å²) in [6.07, 6.45) is 3.51. The molecule has 84 valence electrons. The van der Waals surface area contributed by atoms with E-state index in [1.807, 2.05) is 0 Å². The van der Waals surface area contributed by atoms with Gasteiger partial charge < -0.3 is 5.73 Å². The average Bonchev–Trinajstić information content (AvgIpc) is 2.25. The van der Waals surface area contributed by atoms with Gasteiger partial charge in [0.2, 0.25) is 0 Å². The Labute approximate surface area is 93.7 Å². The molecule has 0 radical (unpaired) electrons. The van der Waals surface area contributed by atoms with E-state index < -0.39 is 0 Å². The highest BCUT2D eigenvalue weighted by atomic mass is 14.5. The van der Waals surface area contributed by atoms with Gasteiger partial charge in [0, 0.05) is 0 Å².